The molecule has 1 aromatic heterocycles. The highest BCUT2D eigenvalue weighted by Gasteiger charge is 2.10. The fourth-order valence-corrected chi connectivity index (χ4v) is 2.05. The summed E-state index contributed by atoms with van der Waals surface area (Å²) in [7, 11) is 0. The van der Waals surface area contributed by atoms with Gasteiger partial charge in [-0.15, -0.1) is 11.3 Å². The van der Waals surface area contributed by atoms with Crippen molar-refractivity contribution in [3.63, 3.8) is 0 Å². The second kappa shape index (κ2) is 5.33. The zero-order valence-corrected chi connectivity index (χ0v) is 10.5. The van der Waals surface area contributed by atoms with Gasteiger partial charge in [-0.2, -0.15) is 0 Å². The molecule has 0 bridgehead atoms. The van der Waals surface area contributed by atoms with Crippen molar-refractivity contribution in [2.75, 3.05) is 6.61 Å². The Labute approximate surface area is 98.5 Å². The van der Waals surface area contributed by atoms with Crippen LogP contribution in [0, 0.1) is 0 Å². The van der Waals surface area contributed by atoms with Crippen LogP contribution in [0.4, 0.5) is 0 Å². The summed E-state index contributed by atoms with van der Waals surface area (Å²) in [6.45, 7) is 5.85. The van der Waals surface area contributed by atoms with Crippen molar-refractivity contribution in [3.05, 3.63) is 26.9 Å². The maximum atomic E-state index is 11.5. The molecule has 0 amide bonds. The van der Waals surface area contributed by atoms with E-state index in [4.69, 9.17) is 16.3 Å². The Balaban J connectivity index is 2.94. The minimum absolute atomic E-state index is 0.266. The molecule has 4 heteroatoms. The van der Waals surface area contributed by atoms with Crippen LogP contribution in [0.5, 0.6) is 0 Å². The van der Waals surface area contributed by atoms with Gasteiger partial charge in [0, 0.05) is 5.57 Å². The van der Waals surface area contributed by atoms with E-state index >= 15 is 0 Å². The van der Waals surface area contributed by atoms with Crippen LogP contribution in [0.25, 0.3) is 5.57 Å². The zero-order chi connectivity index (χ0) is 11.4. The minimum Gasteiger partial charge on any atom is -0.463 e. The first kappa shape index (κ1) is 12.3. The summed E-state index contributed by atoms with van der Waals surface area (Å²) >= 11 is 7.28. The normalized spacial score (nSPS) is 12.3. The van der Waals surface area contributed by atoms with E-state index in [0.29, 0.717) is 12.2 Å². The molecule has 82 valence electrons. The lowest BCUT2D eigenvalue weighted by Crippen LogP contribution is -2.06. The van der Waals surface area contributed by atoms with Crippen LogP contribution in [0.15, 0.2) is 17.0 Å². The largest absolute Gasteiger partial charge is 0.463 e. The molecule has 1 heterocycles. The molecule has 1 aromatic rings. The first-order chi connectivity index (χ1) is 7.06. The number of thiophene rings is 1. The van der Waals surface area contributed by atoms with Crippen LogP contribution < -0.4 is 0 Å². The molecule has 0 spiro atoms. The molecule has 0 aromatic carbocycles. The Morgan fingerprint density at radius 2 is 2.20 bits per heavy atom. The standard InChI is InChI=1S/C11H13ClO2S/c1-4-14-11(13)8(3)7(2)9-5-10(12)15-6-9/h5-6H,4H2,1-3H3. The van der Waals surface area contributed by atoms with Crippen molar-refractivity contribution in [1.82, 2.24) is 0 Å². The van der Waals surface area contributed by atoms with Crippen molar-refractivity contribution in [1.29, 1.82) is 0 Å². The van der Waals surface area contributed by atoms with E-state index < -0.39 is 0 Å². The Hall–Kier alpha value is -0.800. The second-order valence-corrected chi connectivity index (χ2v) is 4.65. The summed E-state index contributed by atoms with van der Waals surface area (Å²) in [6, 6.07) is 1.85. The molecular weight excluding hydrogens is 232 g/mol. The van der Waals surface area contributed by atoms with E-state index in [1.807, 2.05) is 18.4 Å². The van der Waals surface area contributed by atoms with Gasteiger partial charge in [-0.25, -0.2) is 4.79 Å². The zero-order valence-electron chi connectivity index (χ0n) is 8.96. The first-order valence-corrected chi connectivity index (χ1v) is 5.91. The molecular formula is C11H13ClO2S. The molecule has 2 nitrogen and oxygen atoms in total. The predicted octanol–water partition coefficient (Wildman–Crippen LogP) is 3.76. The summed E-state index contributed by atoms with van der Waals surface area (Å²) in [4.78, 5) is 11.5. The highest BCUT2D eigenvalue weighted by molar-refractivity contribution is 7.14. The third-order valence-electron chi connectivity index (χ3n) is 2.14. The number of rotatable bonds is 3. The van der Waals surface area contributed by atoms with E-state index in [-0.39, 0.29) is 5.97 Å². The summed E-state index contributed by atoms with van der Waals surface area (Å²) < 4.78 is 5.65. The summed E-state index contributed by atoms with van der Waals surface area (Å²) in [5, 5.41) is 1.93. The number of carbonyl (C=O) groups excluding carboxylic acids is 1. The predicted molar refractivity (Wildman–Crippen MR) is 64.2 cm³/mol. The van der Waals surface area contributed by atoms with Crippen molar-refractivity contribution < 1.29 is 9.53 Å². The molecule has 0 radical (unpaired) electrons. The number of hydrogen-bond donors (Lipinski definition) is 0. The van der Waals surface area contributed by atoms with Crippen LogP contribution in [-0.2, 0) is 9.53 Å². The van der Waals surface area contributed by atoms with E-state index in [0.717, 1.165) is 15.5 Å². The van der Waals surface area contributed by atoms with Gasteiger partial charge in [0.2, 0.25) is 0 Å². The third-order valence-corrected chi connectivity index (χ3v) is 3.24. The molecule has 0 unspecified atom stereocenters. The smallest absolute Gasteiger partial charge is 0.333 e. The molecule has 15 heavy (non-hydrogen) atoms. The topological polar surface area (TPSA) is 26.3 Å². The lowest BCUT2D eigenvalue weighted by Gasteiger charge is -2.05. The molecule has 0 saturated carbocycles. The Morgan fingerprint density at radius 3 is 2.67 bits per heavy atom. The number of hydrogen-bond acceptors (Lipinski definition) is 3. The average molecular weight is 245 g/mol. The first-order valence-electron chi connectivity index (χ1n) is 4.65. The van der Waals surface area contributed by atoms with Crippen LogP contribution in [0.2, 0.25) is 4.34 Å². The van der Waals surface area contributed by atoms with Gasteiger partial charge in [-0.1, -0.05) is 11.6 Å². The third kappa shape index (κ3) is 3.08. The highest BCUT2D eigenvalue weighted by Crippen LogP contribution is 2.27. The van der Waals surface area contributed by atoms with Crippen LogP contribution in [-0.4, -0.2) is 12.6 Å². The van der Waals surface area contributed by atoms with E-state index in [1.54, 1.807) is 13.8 Å². The van der Waals surface area contributed by atoms with Crippen LogP contribution >= 0.6 is 22.9 Å². The fourth-order valence-electron chi connectivity index (χ4n) is 1.12. The van der Waals surface area contributed by atoms with Gasteiger partial charge in [-0.3, -0.25) is 0 Å². The number of ether oxygens (including phenoxy) is 1. The highest BCUT2D eigenvalue weighted by atomic mass is 35.5. The molecule has 0 fully saturated rings. The van der Waals surface area contributed by atoms with E-state index in [2.05, 4.69) is 0 Å². The van der Waals surface area contributed by atoms with Crippen LogP contribution in [0.3, 0.4) is 0 Å². The minimum atomic E-state index is -0.266. The summed E-state index contributed by atoms with van der Waals surface area (Å²) in [6.07, 6.45) is 0. The summed E-state index contributed by atoms with van der Waals surface area (Å²) in [5.41, 5.74) is 2.53. The monoisotopic (exact) mass is 244 g/mol. The van der Waals surface area contributed by atoms with Crippen molar-refractivity contribution in [2.45, 2.75) is 20.8 Å². The van der Waals surface area contributed by atoms with Crippen molar-refractivity contribution in [3.8, 4) is 0 Å². The Bertz CT molecular complexity index is 393. The van der Waals surface area contributed by atoms with Gasteiger partial charge in [0.05, 0.1) is 10.9 Å². The molecule has 0 N–H and O–H groups in total. The SMILES string of the molecule is CCOC(=O)C(C)=C(C)c1csc(Cl)c1. The van der Waals surface area contributed by atoms with Gasteiger partial charge < -0.3 is 4.74 Å². The number of allylic oxidation sites excluding steroid dienone is 1. The lowest BCUT2D eigenvalue weighted by atomic mass is 10.1. The van der Waals surface area contributed by atoms with E-state index in [1.165, 1.54) is 11.3 Å². The number of halogens is 1. The maximum absolute atomic E-state index is 11.5. The average Bonchev–Trinajstić information content (AvgIpc) is 2.63. The quantitative estimate of drug-likeness (QED) is 0.598. The Morgan fingerprint density at radius 1 is 1.53 bits per heavy atom. The lowest BCUT2D eigenvalue weighted by molar-refractivity contribution is -0.138. The molecule has 0 saturated heterocycles. The van der Waals surface area contributed by atoms with Gasteiger partial charge in [0.1, 0.15) is 0 Å². The van der Waals surface area contributed by atoms with Gasteiger partial charge in [0.25, 0.3) is 0 Å². The summed E-state index contributed by atoms with van der Waals surface area (Å²) in [5.74, 6) is -0.266. The fraction of sp³-hybridized carbons (Fsp3) is 0.364. The van der Waals surface area contributed by atoms with Gasteiger partial charge >= 0.3 is 5.97 Å². The second-order valence-electron chi connectivity index (χ2n) is 3.11. The molecule has 0 aliphatic rings. The number of esters is 1. The van der Waals surface area contributed by atoms with Crippen molar-refractivity contribution in [2.24, 2.45) is 0 Å². The molecule has 0 aliphatic heterocycles. The van der Waals surface area contributed by atoms with Crippen molar-refractivity contribution >= 4 is 34.5 Å². The van der Waals surface area contributed by atoms with Crippen LogP contribution in [0.1, 0.15) is 26.3 Å². The van der Waals surface area contributed by atoms with E-state index in [9.17, 15) is 4.79 Å². The Kier molecular flexibility index (Phi) is 4.36. The number of carbonyl (C=O) groups is 1. The molecule has 1 rings (SSSR count). The van der Waals surface area contributed by atoms with Gasteiger partial charge in [0.15, 0.2) is 0 Å². The molecule has 0 aliphatic carbocycles. The maximum Gasteiger partial charge on any atom is 0.333 e. The van der Waals surface area contributed by atoms with Gasteiger partial charge in [-0.05, 0) is 43.4 Å². The molecule has 0 atom stereocenters.